The zero-order chi connectivity index (χ0) is 33.6. The van der Waals surface area contributed by atoms with Crippen LogP contribution in [0, 0.1) is 23.2 Å². The van der Waals surface area contributed by atoms with Gasteiger partial charge in [0.25, 0.3) is 5.67 Å². The van der Waals surface area contributed by atoms with Crippen molar-refractivity contribution in [1.29, 1.82) is 0 Å². The topological polar surface area (TPSA) is 112 Å². The molecule has 3 N–H and O–H groups in total. The van der Waals surface area contributed by atoms with Gasteiger partial charge >= 0.3 is 5.97 Å². The van der Waals surface area contributed by atoms with Crippen LogP contribution in [0.4, 0.5) is 4.39 Å². The number of rotatable bonds is 9. The highest BCUT2D eigenvalue weighted by Crippen LogP contribution is 2.47. The fourth-order valence-electron chi connectivity index (χ4n) is 7.34. The maximum absolute atomic E-state index is 16.3. The van der Waals surface area contributed by atoms with E-state index in [-0.39, 0.29) is 12.3 Å². The van der Waals surface area contributed by atoms with Crippen molar-refractivity contribution in [3.63, 3.8) is 0 Å². The standard InChI is InChI=1S/C33H64FN3O6/c1-14-25-33(10,41)28(39)24(4)37(13)21-22(2)20-31(8,42-19-17-35-16-15-18-36(11)12)26(30(5,6)7)23(3)27(38)32(9,34)29(40)43-25/h22-26,28,35,39,41H,14-21H2,1-13H3/t22-,23-,24-,25-,26+,28-,31-,32+,33-/m1/s1. The summed E-state index contributed by atoms with van der Waals surface area (Å²) in [6.45, 7) is 21.1. The molecule has 9 atom stereocenters. The number of carbonyl (C=O) groups excluding carboxylic acids is 2. The first-order valence-corrected chi connectivity index (χ1v) is 16.1. The average Bonchev–Trinajstić information content (AvgIpc) is 2.87. The van der Waals surface area contributed by atoms with Crippen molar-refractivity contribution >= 4 is 11.8 Å². The monoisotopic (exact) mass is 617 g/mol. The van der Waals surface area contributed by atoms with Crippen LogP contribution in [0.1, 0.15) is 88.5 Å². The van der Waals surface area contributed by atoms with Crippen molar-refractivity contribution < 1.29 is 33.7 Å². The van der Waals surface area contributed by atoms with Crippen molar-refractivity contribution in [3.05, 3.63) is 0 Å². The maximum atomic E-state index is 16.3. The summed E-state index contributed by atoms with van der Waals surface area (Å²) in [5, 5.41) is 26.0. The van der Waals surface area contributed by atoms with Crippen molar-refractivity contribution in [1.82, 2.24) is 15.1 Å². The summed E-state index contributed by atoms with van der Waals surface area (Å²) in [4.78, 5) is 31.3. The van der Waals surface area contributed by atoms with Gasteiger partial charge in [-0.1, -0.05) is 41.5 Å². The van der Waals surface area contributed by atoms with Gasteiger partial charge in [0.05, 0.1) is 12.2 Å². The first-order valence-electron chi connectivity index (χ1n) is 16.1. The molecule has 0 aromatic rings. The summed E-state index contributed by atoms with van der Waals surface area (Å²) in [7, 11) is 5.97. The fraction of sp³-hybridized carbons (Fsp3) is 0.939. The molecule has 1 fully saturated rings. The molecule has 1 aliphatic heterocycles. The number of esters is 1. The summed E-state index contributed by atoms with van der Waals surface area (Å²) in [6.07, 6.45) is -0.838. The Balaban J connectivity index is 3.57. The minimum absolute atomic E-state index is 0.0524. The van der Waals surface area contributed by atoms with Crippen LogP contribution in [0.15, 0.2) is 0 Å². The van der Waals surface area contributed by atoms with Gasteiger partial charge in [0.1, 0.15) is 17.8 Å². The Bertz CT molecular complexity index is 892. The Morgan fingerprint density at radius 2 is 1.72 bits per heavy atom. The average molecular weight is 618 g/mol. The predicted octanol–water partition coefficient (Wildman–Crippen LogP) is 3.69. The Labute approximate surface area is 261 Å². The fourth-order valence-corrected chi connectivity index (χ4v) is 7.34. The predicted molar refractivity (Wildman–Crippen MR) is 170 cm³/mol. The van der Waals surface area contributed by atoms with E-state index in [1.807, 2.05) is 53.7 Å². The lowest BCUT2D eigenvalue weighted by Gasteiger charge is -2.49. The van der Waals surface area contributed by atoms with E-state index in [0.717, 1.165) is 26.4 Å². The number of nitrogens with zero attached hydrogens (tertiary/aromatic N) is 2. The van der Waals surface area contributed by atoms with E-state index in [9.17, 15) is 19.8 Å². The van der Waals surface area contributed by atoms with Crippen LogP contribution in [0.25, 0.3) is 0 Å². The van der Waals surface area contributed by atoms with E-state index >= 15 is 4.39 Å². The van der Waals surface area contributed by atoms with Gasteiger partial charge in [-0.15, -0.1) is 0 Å². The lowest BCUT2D eigenvalue weighted by atomic mass is 9.61. The number of ether oxygens (including phenoxy) is 2. The number of likely N-dealkylation sites (N-methyl/N-ethyl adjacent to an activating group) is 1. The molecule has 1 rings (SSSR count). The molecule has 1 saturated heterocycles. The van der Waals surface area contributed by atoms with Gasteiger partial charge in [0.15, 0.2) is 5.78 Å². The Morgan fingerprint density at radius 3 is 2.23 bits per heavy atom. The largest absolute Gasteiger partial charge is 0.457 e. The van der Waals surface area contributed by atoms with E-state index in [1.165, 1.54) is 6.92 Å². The highest BCUT2D eigenvalue weighted by Gasteiger charge is 2.55. The number of hydrogen-bond acceptors (Lipinski definition) is 9. The molecule has 0 amide bonds. The minimum atomic E-state index is -2.96. The van der Waals surface area contributed by atoms with Crippen LogP contribution < -0.4 is 5.32 Å². The number of carbonyl (C=O) groups is 2. The van der Waals surface area contributed by atoms with Crippen LogP contribution in [0.5, 0.6) is 0 Å². The Kier molecular flexibility index (Phi) is 14.7. The third kappa shape index (κ3) is 10.4. The van der Waals surface area contributed by atoms with Crippen molar-refractivity contribution in [2.45, 2.75) is 124 Å². The number of hydrogen-bond donors (Lipinski definition) is 3. The smallest absolute Gasteiger partial charge is 0.351 e. The molecule has 254 valence electrons. The van der Waals surface area contributed by atoms with E-state index in [4.69, 9.17) is 9.47 Å². The second-order valence-electron chi connectivity index (χ2n) is 15.0. The number of nitrogens with one attached hydrogen (secondary N) is 1. The van der Waals surface area contributed by atoms with Crippen LogP contribution in [0.2, 0.25) is 0 Å². The SMILES string of the molecule is CC[C@H]1OC(=O)[C@@](C)(F)C(=O)[C@H](C)[C@@H](C(C)(C)C)[C@](C)(OCCNCCCN(C)C)C[C@@H](C)CN(C)[C@H](C)[C@@H](O)[C@]1(C)O. The molecule has 0 aliphatic carbocycles. The van der Waals surface area contributed by atoms with Gasteiger partial charge in [-0.3, -0.25) is 4.79 Å². The van der Waals surface area contributed by atoms with Crippen LogP contribution in [0.3, 0.4) is 0 Å². The molecule has 0 saturated carbocycles. The molecule has 43 heavy (non-hydrogen) atoms. The van der Waals surface area contributed by atoms with Gasteiger partial charge in [0.2, 0.25) is 0 Å². The summed E-state index contributed by atoms with van der Waals surface area (Å²) in [5.41, 5.74) is -6.17. The number of aliphatic hydroxyl groups excluding tert-OH is 1. The lowest BCUT2D eigenvalue weighted by Crippen LogP contribution is -2.59. The van der Waals surface area contributed by atoms with Gasteiger partial charge < -0.3 is 34.8 Å². The number of Topliss-reactive ketones (excluding diaryl/α,β-unsaturated/α-hetero) is 1. The van der Waals surface area contributed by atoms with Crippen LogP contribution in [-0.4, -0.2) is 121 Å². The van der Waals surface area contributed by atoms with Crippen LogP contribution >= 0.6 is 0 Å². The quantitative estimate of drug-likeness (QED) is 0.203. The second kappa shape index (κ2) is 15.9. The van der Waals surface area contributed by atoms with E-state index in [1.54, 1.807) is 20.8 Å². The third-order valence-electron chi connectivity index (χ3n) is 9.40. The van der Waals surface area contributed by atoms with E-state index in [0.29, 0.717) is 26.1 Å². The molecule has 0 radical (unpaired) electrons. The summed E-state index contributed by atoms with van der Waals surface area (Å²) < 4.78 is 28.5. The molecule has 0 aromatic carbocycles. The van der Waals surface area contributed by atoms with Crippen LogP contribution in [-0.2, 0) is 19.1 Å². The summed E-state index contributed by atoms with van der Waals surface area (Å²) in [5.74, 6) is -3.52. The molecule has 1 aliphatic rings. The summed E-state index contributed by atoms with van der Waals surface area (Å²) >= 11 is 0. The third-order valence-corrected chi connectivity index (χ3v) is 9.40. The maximum Gasteiger partial charge on any atom is 0.351 e. The second-order valence-corrected chi connectivity index (χ2v) is 15.0. The zero-order valence-electron chi connectivity index (χ0n) is 29.4. The molecule has 0 bridgehead atoms. The highest BCUT2D eigenvalue weighted by atomic mass is 19.1. The molecule has 0 aromatic heterocycles. The number of halogens is 1. The molecule has 10 heteroatoms. The minimum Gasteiger partial charge on any atom is -0.457 e. The lowest BCUT2D eigenvalue weighted by molar-refractivity contribution is -0.196. The molecular weight excluding hydrogens is 553 g/mol. The number of cyclic esters (lactones) is 1. The van der Waals surface area contributed by atoms with E-state index in [2.05, 4.69) is 17.1 Å². The zero-order valence-corrected chi connectivity index (χ0v) is 29.4. The molecular formula is C33H64FN3O6. The Morgan fingerprint density at radius 1 is 1.14 bits per heavy atom. The number of alkyl halides is 1. The number of ketones is 1. The normalized spacial score (nSPS) is 38.1. The van der Waals surface area contributed by atoms with Gasteiger partial charge in [0, 0.05) is 31.0 Å². The highest BCUT2D eigenvalue weighted by molar-refractivity contribution is 6.07. The first kappa shape index (κ1) is 39.9. The van der Waals surface area contributed by atoms with Gasteiger partial charge in [-0.05, 0) is 92.5 Å². The Hall–Kier alpha value is -1.17. The summed E-state index contributed by atoms with van der Waals surface area (Å²) in [6, 6.07) is -0.510. The van der Waals surface area contributed by atoms with E-state index < -0.39 is 64.1 Å². The van der Waals surface area contributed by atoms with Gasteiger partial charge in [-0.25, -0.2) is 9.18 Å². The van der Waals surface area contributed by atoms with Crippen molar-refractivity contribution in [2.24, 2.45) is 23.2 Å². The molecule has 1 heterocycles. The van der Waals surface area contributed by atoms with Crippen molar-refractivity contribution in [3.8, 4) is 0 Å². The van der Waals surface area contributed by atoms with Crippen molar-refractivity contribution in [2.75, 3.05) is 53.9 Å². The van der Waals surface area contributed by atoms with Gasteiger partial charge in [-0.2, -0.15) is 0 Å². The number of aliphatic hydroxyl groups is 2. The molecule has 9 nitrogen and oxygen atoms in total. The first-order chi connectivity index (χ1) is 19.5. The molecule has 0 unspecified atom stereocenters. The molecule has 0 spiro atoms.